The standard InChI is InChI=1S/C24H22F3NO4S2/c1-32-19-14-12-18(13-15-19)22(28-34(30,31)20-10-6-3-7-11-20)21(17-8-4-2-5-9-17)23(29)33-16-24(25,26)27/h2-15,21-22,28H,16H2,1H3/t21-,22+/m0/s1. The number of rotatable bonds is 9. The molecule has 0 fully saturated rings. The third-order valence-electron chi connectivity index (χ3n) is 4.93. The number of carbonyl (C=O) groups is 1. The Hall–Kier alpha value is -2.82. The molecule has 0 heterocycles. The van der Waals surface area contributed by atoms with Gasteiger partial charge in [-0.25, -0.2) is 13.1 Å². The van der Waals surface area contributed by atoms with Gasteiger partial charge < -0.3 is 4.74 Å². The highest BCUT2D eigenvalue weighted by molar-refractivity contribution is 8.13. The molecule has 5 nitrogen and oxygen atoms in total. The first kappa shape index (κ1) is 25.8. The van der Waals surface area contributed by atoms with Gasteiger partial charge in [-0.3, -0.25) is 4.79 Å². The van der Waals surface area contributed by atoms with Gasteiger partial charge in [-0.05, 0) is 35.4 Å². The van der Waals surface area contributed by atoms with Crippen LogP contribution in [0, 0.1) is 0 Å². The van der Waals surface area contributed by atoms with Crippen molar-refractivity contribution in [3.63, 3.8) is 0 Å². The van der Waals surface area contributed by atoms with Crippen molar-refractivity contribution in [1.29, 1.82) is 0 Å². The van der Waals surface area contributed by atoms with Crippen LogP contribution in [-0.4, -0.2) is 32.6 Å². The van der Waals surface area contributed by atoms with Crippen molar-refractivity contribution in [2.24, 2.45) is 0 Å². The monoisotopic (exact) mass is 509 g/mol. The van der Waals surface area contributed by atoms with Gasteiger partial charge in [0.25, 0.3) is 0 Å². The van der Waals surface area contributed by atoms with Gasteiger partial charge in [0.1, 0.15) is 5.75 Å². The lowest BCUT2D eigenvalue weighted by atomic mass is 9.88. The number of methoxy groups -OCH3 is 1. The summed E-state index contributed by atoms with van der Waals surface area (Å²) in [6, 6.07) is 20.9. The maximum absolute atomic E-state index is 13.2. The van der Waals surface area contributed by atoms with Gasteiger partial charge in [0, 0.05) is 0 Å². The molecular formula is C24H22F3NO4S2. The van der Waals surface area contributed by atoms with Crippen molar-refractivity contribution in [2.75, 3.05) is 12.9 Å². The SMILES string of the molecule is COc1ccc([C@@H](NS(=O)(=O)c2ccccc2)[C@@H](C(=O)SCC(F)(F)F)c2ccccc2)cc1. The number of ether oxygens (including phenoxy) is 1. The molecule has 0 radical (unpaired) electrons. The second-order valence-electron chi connectivity index (χ2n) is 7.30. The number of benzene rings is 3. The van der Waals surface area contributed by atoms with Crippen molar-refractivity contribution < 1.29 is 31.1 Å². The molecular weight excluding hydrogens is 487 g/mol. The van der Waals surface area contributed by atoms with E-state index in [2.05, 4.69) is 4.72 Å². The third kappa shape index (κ3) is 6.85. The molecule has 3 aromatic carbocycles. The van der Waals surface area contributed by atoms with E-state index in [0.29, 0.717) is 16.9 Å². The predicted octanol–water partition coefficient (Wildman–Crippen LogP) is 5.32. The predicted molar refractivity (Wildman–Crippen MR) is 125 cm³/mol. The molecule has 180 valence electrons. The minimum atomic E-state index is -4.55. The summed E-state index contributed by atoms with van der Waals surface area (Å²) in [6.45, 7) is 0. The van der Waals surface area contributed by atoms with E-state index in [0.717, 1.165) is 0 Å². The summed E-state index contributed by atoms with van der Waals surface area (Å²) in [4.78, 5) is 13.1. The van der Waals surface area contributed by atoms with Gasteiger partial charge in [-0.1, -0.05) is 72.4 Å². The Morgan fingerprint density at radius 1 is 0.912 bits per heavy atom. The van der Waals surface area contributed by atoms with Crippen molar-refractivity contribution in [1.82, 2.24) is 4.72 Å². The summed E-state index contributed by atoms with van der Waals surface area (Å²) < 4.78 is 72.7. The molecule has 0 saturated carbocycles. The highest BCUT2D eigenvalue weighted by atomic mass is 32.2. The summed E-state index contributed by atoms with van der Waals surface area (Å²) in [6.07, 6.45) is -4.55. The van der Waals surface area contributed by atoms with Crippen LogP contribution in [0.15, 0.2) is 89.8 Å². The van der Waals surface area contributed by atoms with Crippen LogP contribution in [0.1, 0.15) is 23.1 Å². The topological polar surface area (TPSA) is 72.5 Å². The van der Waals surface area contributed by atoms with E-state index in [1.165, 1.54) is 19.2 Å². The first-order valence-electron chi connectivity index (χ1n) is 10.1. The summed E-state index contributed by atoms with van der Waals surface area (Å²) in [5.41, 5.74) is 0.786. The van der Waals surface area contributed by atoms with Crippen LogP contribution < -0.4 is 9.46 Å². The van der Waals surface area contributed by atoms with Crippen LogP contribution in [0.25, 0.3) is 0 Å². The van der Waals surface area contributed by atoms with E-state index in [1.807, 2.05) is 0 Å². The lowest BCUT2D eigenvalue weighted by Gasteiger charge is -2.28. The Balaban J connectivity index is 2.09. The maximum atomic E-state index is 13.2. The van der Waals surface area contributed by atoms with Crippen LogP contribution in [-0.2, 0) is 14.8 Å². The number of thioether (sulfide) groups is 1. The highest BCUT2D eigenvalue weighted by Crippen LogP contribution is 2.38. The maximum Gasteiger partial charge on any atom is 0.398 e. The van der Waals surface area contributed by atoms with Crippen LogP contribution in [0.2, 0.25) is 0 Å². The average molecular weight is 510 g/mol. The van der Waals surface area contributed by atoms with Crippen LogP contribution in [0.5, 0.6) is 5.75 Å². The molecule has 0 aliphatic carbocycles. The number of nitrogens with one attached hydrogen (secondary N) is 1. The van der Waals surface area contributed by atoms with E-state index in [4.69, 9.17) is 4.74 Å². The lowest BCUT2D eigenvalue weighted by Crippen LogP contribution is -2.35. The zero-order valence-corrected chi connectivity index (χ0v) is 19.7. The largest absolute Gasteiger partial charge is 0.497 e. The molecule has 0 aliphatic heterocycles. The molecule has 0 spiro atoms. The van der Waals surface area contributed by atoms with Crippen molar-refractivity contribution in [3.8, 4) is 5.75 Å². The van der Waals surface area contributed by atoms with Gasteiger partial charge in [0.2, 0.25) is 10.0 Å². The number of sulfonamides is 1. The zero-order valence-electron chi connectivity index (χ0n) is 18.0. The molecule has 3 aromatic rings. The van der Waals surface area contributed by atoms with Gasteiger partial charge in [-0.15, -0.1) is 0 Å². The third-order valence-corrected chi connectivity index (χ3v) is 7.40. The molecule has 0 saturated heterocycles. The molecule has 0 aliphatic rings. The molecule has 3 rings (SSSR count). The molecule has 34 heavy (non-hydrogen) atoms. The Bertz CT molecular complexity index is 1190. The van der Waals surface area contributed by atoms with Gasteiger partial charge >= 0.3 is 6.18 Å². The fraction of sp³-hybridized carbons (Fsp3) is 0.208. The van der Waals surface area contributed by atoms with Crippen molar-refractivity contribution in [2.45, 2.75) is 23.0 Å². The number of carbonyl (C=O) groups excluding carboxylic acids is 1. The van der Waals surface area contributed by atoms with E-state index < -0.39 is 39.0 Å². The summed E-state index contributed by atoms with van der Waals surface area (Å²) in [7, 11) is -2.65. The summed E-state index contributed by atoms with van der Waals surface area (Å²) >= 11 is 0.115. The van der Waals surface area contributed by atoms with Gasteiger partial charge in [0.15, 0.2) is 5.12 Å². The smallest absolute Gasteiger partial charge is 0.398 e. The summed E-state index contributed by atoms with van der Waals surface area (Å²) in [5.74, 6) is -2.10. The van der Waals surface area contributed by atoms with Crippen LogP contribution in [0.3, 0.4) is 0 Å². The number of hydrogen-bond donors (Lipinski definition) is 1. The second-order valence-corrected chi connectivity index (χ2v) is 9.99. The van der Waals surface area contributed by atoms with Crippen molar-refractivity contribution in [3.05, 3.63) is 96.1 Å². The molecule has 0 bridgehead atoms. The Kier molecular flexibility index (Phi) is 8.40. The highest BCUT2D eigenvalue weighted by Gasteiger charge is 2.37. The van der Waals surface area contributed by atoms with Crippen LogP contribution in [0.4, 0.5) is 13.2 Å². The van der Waals surface area contributed by atoms with Gasteiger partial charge in [-0.2, -0.15) is 13.2 Å². The Labute approximate surface area is 200 Å². The van der Waals surface area contributed by atoms with Crippen molar-refractivity contribution >= 4 is 26.9 Å². The lowest BCUT2D eigenvalue weighted by molar-refractivity contribution is -0.115. The van der Waals surface area contributed by atoms with E-state index in [9.17, 15) is 26.4 Å². The normalized spacial score (nSPS) is 13.8. The van der Waals surface area contributed by atoms with Crippen LogP contribution >= 0.6 is 11.8 Å². The van der Waals surface area contributed by atoms with E-state index in [1.54, 1.807) is 72.8 Å². The Morgan fingerprint density at radius 2 is 1.47 bits per heavy atom. The number of alkyl halides is 3. The zero-order chi connectivity index (χ0) is 24.8. The second kappa shape index (κ2) is 11.1. The fourth-order valence-electron chi connectivity index (χ4n) is 3.34. The minimum absolute atomic E-state index is 0.0317. The Morgan fingerprint density at radius 3 is 2.00 bits per heavy atom. The van der Waals surface area contributed by atoms with Gasteiger partial charge in [0.05, 0.1) is 29.7 Å². The van der Waals surface area contributed by atoms with E-state index in [-0.39, 0.29) is 16.7 Å². The molecule has 0 unspecified atom stereocenters. The fourth-order valence-corrected chi connectivity index (χ4v) is 5.36. The first-order valence-corrected chi connectivity index (χ1v) is 12.6. The molecule has 1 N–H and O–H groups in total. The molecule has 2 atom stereocenters. The number of halogens is 3. The number of hydrogen-bond acceptors (Lipinski definition) is 5. The van der Waals surface area contributed by atoms with E-state index >= 15 is 0 Å². The average Bonchev–Trinajstić information content (AvgIpc) is 2.83. The molecule has 10 heteroatoms. The minimum Gasteiger partial charge on any atom is -0.497 e. The first-order chi connectivity index (χ1) is 16.1. The molecule has 0 aromatic heterocycles. The quantitative estimate of drug-likeness (QED) is 0.423. The molecule has 0 amide bonds. The summed E-state index contributed by atoms with van der Waals surface area (Å²) in [5, 5.41) is -0.805.